The molecule has 7 aromatic carbocycles. The van der Waals surface area contributed by atoms with Gasteiger partial charge in [-0.25, -0.2) is 15.0 Å². The fraction of sp³-hybridized carbons (Fsp3) is 0.196. The van der Waals surface area contributed by atoms with E-state index in [1.54, 1.807) is 11.1 Å². The lowest BCUT2D eigenvalue weighted by atomic mass is 9.43. The van der Waals surface area contributed by atoms with Crippen molar-refractivity contribution in [2.45, 2.75) is 37.5 Å². The van der Waals surface area contributed by atoms with E-state index in [0.717, 1.165) is 33.9 Å². The number of hydrogen-bond donors (Lipinski definition) is 0. The van der Waals surface area contributed by atoms with Crippen molar-refractivity contribution in [2.24, 2.45) is 23.7 Å². The molecule has 1 spiro atoms. The van der Waals surface area contributed by atoms with Crippen LogP contribution in [0.15, 0.2) is 152 Å². The summed E-state index contributed by atoms with van der Waals surface area (Å²) in [6.07, 6.45) is 6.92. The molecule has 13 rings (SSSR count). The number of hydrogen-bond acceptors (Lipinski definition) is 3. The van der Waals surface area contributed by atoms with Gasteiger partial charge in [-0.05, 0) is 117 Å². The normalized spacial score (nSPS) is 23.3. The second-order valence-corrected chi connectivity index (χ2v) is 16.4. The van der Waals surface area contributed by atoms with Crippen molar-refractivity contribution in [3.8, 4) is 56.4 Å². The molecule has 0 atom stereocenters. The van der Waals surface area contributed by atoms with Crippen LogP contribution in [0.3, 0.4) is 0 Å². The van der Waals surface area contributed by atoms with Crippen LogP contribution in [0.4, 0.5) is 0 Å². The average Bonchev–Trinajstić information content (AvgIpc) is 3.53. The Balaban J connectivity index is 1.06. The first-order valence-electron chi connectivity index (χ1n) is 19.8. The van der Waals surface area contributed by atoms with Gasteiger partial charge < -0.3 is 0 Å². The zero-order chi connectivity index (χ0) is 35.4. The summed E-state index contributed by atoms with van der Waals surface area (Å²) in [5.41, 5.74) is 11.4. The van der Waals surface area contributed by atoms with E-state index in [-0.39, 0.29) is 5.41 Å². The Labute approximate surface area is 315 Å². The first-order valence-corrected chi connectivity index (χ1v) is 19.8. The molecule has 4 bridgehead atoms. The molecule has 4 saturated carbocycles. The van der Waals surface area contributed by atoms with Crippen LogP contribution >= 0.6 is 0 Å². The van der Waals surface area contributed by atoms with Gasteiger partial charge in [-0.15, -0.1) is 0 Å². The van der Waals surface area contributed by atoms with Crippen LogP contribution in [-0.4, -0.2) is 15.0 Å². The lowest BCUT2D eigenvalue weighted by molar-refractivity contribution is -0.0393. The Bertz CT molecular complexity index is 2750. The van der Waals surface area contributed by atoms with E-state index in [0.29, 0.717) is 29.3 Å². The predicted octanol–water partition coefficient (Wildman–Crippen LogP) is 12.6. The quantitative estimate of drug-likeness (QED) is 0.184. The first-order chi connectivity index (χ1) is 26.7. The van der Waals surface area contributed by atoms with Crippen molar-refractivity contribution in [2.75, 3.05) is 0 Å². The summed E-state index contributed by atoms with van der Waals surface area (Å²) >= 11 is 0. The highest BCUT2D eigenvalue weighted by Crippen LogP contribution is 2.70. The maximum absolute atomic E-state index is 5.30. The van der Waals surface area contributed by atoms with E-state index in [2.05, 4.69) is 152 Å². The number of aromatic nitrogens is 3. The molecule has 54 heavy (non-hydrogen) atoms. The molecular formula is C51H39N3. The minimum Gasteiger partial charge on any atom is -0.208 e. The fourth-order valence-corrected chi connectivity index (χ4v) is 11.7. The molecule has 1 aromatic heterocycles. The summed E-state index contributed by atoms with van der Waals surface area (Å²) in [7, 11) is 0. The maximum Gasteiger partial charge on any atom is 0.164 e. The molecule has 0 amide bonds. The standard InChI is InChI=1S/C51H39N3/c1-2-9-33(10-3-1)34-17-19-37(20-18-34)48-52-49(54-50(53-48)44-16-8-13-35-11-4-6-14-41(35)44)38-22-24-46-45(30-38)43-23-21-36-12-5-7-15-42(36)47(43)51(46)39-26-31-25-32(28-39)29-40(51)27-31/h1-24,30-32,39-40H,25-29H2. The summed E-state index contributed by atoms with van der Waals surface area (Å²) < 4.78 is 0. The highest BCUT2D eigenvalue weighted by atomic mass is 15.0. The smallest absolute Gasteiger partial charge is 0.164 e. The average molecular weight is 694 g/mol. The molecule has 3 nitrogen and oxygen atoms in total. The third kappa shape index (κ3) is 4.39. The van der Waals surface area contributed by atoms with Gasteiger partial charge in [0.25, 0.3) is 0 Å². The number of benzene rings is 7. The van der Waals surface area contributed by atoms with E-state index >= 15 is 0 Å². The molecule has 3 heteroatoms. The number of nitrogens with zero attached hydrogens (tertiary/aromatic N) is 3. The monoisotopic (exact) mass is 693 g/mol. The van der Waals surface area contributed by atoms with E-state index in [1.807, 2.05) is 0 Å². The Kier molecular flexibility index (Phi) is 6.52. The topological polar surface area (TPSA) is 38.7 Å². The minimum atomic E-state index is 0.0797. The summed E-state index contributed by atoms with van der Waals surface area (Å²) in [5, 5.41) is 5.12. The van der Waals surface area contributed by atoms with Gasteiger partial charge in [-0.2, -0.15) is 0 Å². The van der Waals surface area contributed by atoms with Gasteiger partial charge in [0.05, 0.1) is 0 Å². The maximum atomic E-state index is 5.30. The van der Waals surface area contributed by atoms with E-state index < -0.39 is 0 Å². The molecule has 0 aliphatic heterocycles. The molecule has 0 unspecified atom stereocenters. The van der Waals surface area contributed by atoms with E-state index in [1.165, 1.54) is 70.5 Å². The first kappa shape index (κ1) is 30.5. The molecular weight excluding hydrogens is 655 g/mol. The predicted molar refractivity (Wildman–Crippen MR) is 220 cm³/mol. The van der Waals surface area contributed by atoms with Gasteiger partial charge in [0.15, 0.2) is 17.5 Å². The number of rotatable bonds is 4. The second-order valence-electron chi connectivity index (χ2n) is 16.4. The summed E-state index contributed by atoms with van der Waals surface area (Å²) in [5.74, 6) is 5.30. The summed E-state index contributed by atoms with van der Waals surface area (Å²) in [4.78, 5) is 15.8. The van der Waals surface area contributed by atoms with Crippen LogP contribution in [0.25, 0.3) is 78.0 Å². The largest absolute Gasteiger partial charge is 0.208 e. The van der Waals surface area contributed by atoms with Gasteiger partial charge in [0.2, 0.25) is 0 Å². The number of fused-ring (bicyclic) bond motifs is 6. The Hall–Kier alpha value is -5.93. The third-order valence-electron chi connectivity index (χ3n) is 13.7. The second kappa shape index (κ2) is 11.5. The van der Waals surface area contributed by atoms with Gasteiger partial charge in [-0.1, -0.05) is 146 Å². The zero-order valence-corrected chi connectivity index (χ0v) is 30.1. The van der Waals surface area contributed by atoms with Crippen LogP contribution in [0.5, 0.6) is 0 Å². The Morgan fingerprint density at radius 2 is 0.963 bits per heavy atom. The van der Waals surface area contributed by atoms with Crippen molar-refractivity contribution in [1.82, 2.24) is 15.0 Å². The van der Waals surface area contributed by atoms with Crippen LogP contribution in [0.1, 0.15) is 43.2 Å². The van der Waals surface area contributed by atoms with Gasteiger partial charge >= 0.3 is 0 Å². The highest BCUT2D eigenvalue weighted by Gasteiger charge is 2.62. The molecule has 258 valence electrons. The molecule has 8 aromatic rings. The van der Waals surface area contributed by atoms with Crippen molar-refractivity contribution < 1.29 is 0 Å². The molecule has 0 saturated heterocycles. The van der Waals surface area contributed by atoms with Crippen molar-refractivity contribution in [3.05, 3.63) is 163 Å². The van der Waals surface area contributed by atoms with E-state index in [9.17, 15) is 0 Å². The summed E-state index contributed by atoms with van der Waals surface area (Å²) in [6, 6.07) is 55.2. The molecule has 4 fully saturated rings. The molecule has 5 aliphatic carbocycles. The van der Waals surface area contributed by atoms with Crippen LogP contribution in [-0.2, 0) is 5.41 Å². The lowest BCUT2D eigenvalue weighted by Crippen LogP contribution is -2.55. The molecule has 0 N–H and O–H groups in total. The Morgan fingerprint density at radius 3 is 1.72 bits per heavy atom. The van der Waals surface area contributed by atoms with Crippen LogP contribution < -0.4 is 0 Å². The zero-order valence-electron chi connectivity index (χ0n) is 30.1. The van der Waals surface area contributed by atoms with Crippen molar-refractivity contribution in [1.29, 1.82) is 0 Å². The SMILES string of the molecule is c1ccc(-c2ccc(-c3nc(-c4ccc5c(c4)-c4ccc6ccccc6c4C54C5CC6CC(C5)CC4C6)nc(-c4cccc5ccccc45)n3)cc2)cc1. The summed E-state index contributed by atoms with van der Waals surface area (Å²) in [6.45, 7) is 0. The van der Waals surface area contributed by atoms with Crippen molar-refractivity contribution in [3.63, 3.8) is 0 Å². The van der Waals surface area contributed by atoms with Crippen LogP contribution in [0.2, 0.25) is 0 Å². The molecule has 5 aliphatic rings. The van der Waals surface area contributed by atoms with Gasteiger partial charge in [-0.3, -0.25) is 0 Å². The van der Waals surface area contributed by atoms with Gasteiger partial charge in [0.1, 0.15) is 0 Å². The van der Waals surface area contributed by atoms with Crippen molar-refractivity contribution >= 4 is 21.5 Å². The third-order valence-corrected chi connectivity index (χ3v) is 13.7. The van der Waals surface area contributed by atoms with Gasteiger partial charge in [0, 0.05) is 22.1 Å². The minimum absolute atomic E-state index is 0.0797. The lowest BCUT2D eigenvalue weighted by Gasteiger charge is -2.61. The van der Waals surface area contributed by atoms with E-state index in [4.69, 9.17) is 15.0 Å². The molecule has 0 radical (unpaired) electrons. The molecule has 1 heterocycles. The Morgan fingerprint density at radius 1 is 0.389 bits per heavy atom. The fourth-order valence-electron chi connectivity index (χ4n) is 11.7. The highest BCUT2D eigenvalue weighted by molar-refractivity contribution is 5.99. The van der Waals surface area contributed by atoms with Crippen LogP contribution in [0, 0.1) is 23.7 Å².